The first-order valence-electron chi connectivity index (χ1n) is 5.79. The number of benzene rings is 1. The zero-order valence-corrected chi connectivity index (χ0v) is 10.8. The van der Waals surface area contributed by atoms with Gasteiger partial charge in [0, 0.05) is 6.54 Å². The van der Waals surface area contributed by atoms with Gasteiger partial charge in [0.15, 0.2) is 4.77 Å². The van der Waals surface area contributed by atoms with Crippen molar-refractivity contribution in [2.75, 3.05) is 0 Å². The molecule has 0 radical (unpaired) electrons. The fourth-order valence-corrected chi connectivity index (χ4v) is 2.17. The summed E-state index contributed by atoms with van der Waals surface area (Å²) in [4.78, 5) is 3.13. The average Bonchev–Trinajstić information content (AvgIpc) is 2.66. The molecule has 1 atom stereocenters. The Kier molecular flexibility index (Phi) is 3.30. The van der Waals surface area contributed by atoms with Crippen LogP contribution in [-0.4, -0.2) is 9.55 Å². The number of H-pyrrole nitrogens is 1. The largest absolute Gasteiger partial charge is 0.329 e. The van der Waals surface area contributed by atoms with Gasteiger partial charge in [-0.15, -0.1) is 0 Å². The SMILES string of the molecule is CCC(C)Cn1c(=S)[nH]c2c(C#N)cccc21. The van der Waals surface area contributed by atoms with Crippen molar-refractivity contribution in [3.8, 4) is 6.07 Å². The van der Waals surface area contributed by atoms with Crippen molar-refractivity contribution in [1.29, 1.82) is 5.26 Å². The van der Waals surface area contributed by atoms with Crippen LogP contribution in [0.25, 0.3) is 11.0 Å². The zero-order chi connectivity index (χ0) is 12.4. The number of nitrogens with one attached hydrogen (secondary N) is 1. The summed E-state index contributed by atoms with van der Waals surface area (Å²) in [6.45, 7) is 5.27. The van der Waals surface area contributed by atoms with Crippen LogP contribution in [0.4, 0.5) is 0 Å². The van der Waals surface area contributed by atoms with E-state index in [0.717, 1.165) is 24.0 Å². The summed E-state index contributed by atoms with van der Waals surface area (Å²) in [5, 5.41) is 9.05. The van der Waals surface area contributed by atoms with Gasteiger partial charge in [0.2, 0.25) is 0 Å². The molecule has 0 saturated heterocycles. The summed E-state index contributed by atoms with van der Waals surface area (Å²) in [5.41, 5.74) is 2.52. The van der Waals surface area contributed by atoms with E-state index in [1.807, 2.05) is 12.1 Å². The van der Waals surface area contributed by atoms with E-state index in [1.54, 1.807) is 6.07 Å². The molecule has 1 aromatic carbocycles. The van der Waals surface area contributed by atoms with Crippen molar-refractivity contribution in [2.45, 2.75) is 26.8 Å². The van der Waals surface area contributed by atoms with Crippen molar-refractivity contribution < 1.29 is 0 Å². The molecule has 0 aliphatic rings. The highest BCUT2D eigenvalue weighted by atomic mass is 32.1. The summed E-state index contributed by atoms with van der Waals surface area (Å²) >= 11 is 5.32. The van der Waals surface area contributed by atoms with Gasteiger partial charge in [0.05, 0.1) is 16.6 Å². The Morgan fingerprint density at radius 3 is 2.94 bits per heavy atom. The van der Waals surface area contributed by atoms with Gasteiger partial charge in [0.25, 0.3) is 0 Å². The van der Waals surface area contributed by atoms with Gasteiger partial charge in [-0.3, -0.25) is 0 Å². The highest BCUT2D eigenvalue weighted by Crippen LogP contribution is 2.19. The van der Waals surface area contributed by atoms with Gasteiger partial charge in [-0.25, -0.2) is 0 Å². The minimum absolute atomic E-state index is 0.575. The number of hydrogen-bond donors (Lipinski definition) is 1. The predicted molar refractivity (Wildman–Crippen MR) is 71.3 cm³/mol. The van der Waals surface area contributed by atoms with E-state index in [2.05, 4.69) is 29.5 Å². The van der Waals surface area contributed by atoms with Crippen LogP contribution < -0.4 is 0 Å². The number of fused-ring (bicyclic) bond motifs is 1. The van der Waals surface area contributed by atoms with Crippen LogP contribution in [0.5, 0.6) is 0 Å². The fraction of sp³-hybridized carbons (Fsp3) is 0.385. The Morgan fingerprint density at radius 1 is 1.53 bits per heavy atom. The first kappa shape index (κ1) is 11.9. The van der Waals surface area contributed by atoms with Crippen LogP contribution in [0.3, 0.4) is 0 Å². The lowest BCUT2D eigenvalue weighted by Gasteiger charge is -2.10. The van der Waals surface area contributed by atoms with Gasteiger partial charge in [-0.1, -0.05) is 26.3 Å². The molecule has 17 heavy (non-hydrogen) atoms. The minimum Gasteiger partial charge on any atom is -0.329 e. The molecule has 0 aliphatic carbocycles. The second kappa shape index (κ2) is 4.72. The second-order valence-corrected chi connectivity index (χ2v) is 4.75. The molecule has 2 rings (SSSR count). The van der Waals surface area contributed by atoms with Gasteiger partial charge >= 0.3 is 0 Å². The minimum atomic E-state index is 0.575. The number of aromatic amines is 1. The molecule has 88 valence electrons. The van der Waals surface area contributed by atoms with E-state index in [-0.39, 0.29) is 0 Å². The Hall–Kier alpha value is -1.60. The number of nitrogens with zero attached hydrogens (tertiary/aromatic N) is 2. The summed E-state index contributed by atoms with van der Waals surface area (Å²) in [5.74, 6) is 0.575. The molecule has 0 saturated carbocycles. The van der Waals surface area contributed by atoms with Crippen LogP contribution in [0, 0.1) is 22.0 Å². The molecule has 4 heteroatoms. The lowest BCUT2D eigenvalue weighted by molar-refractivity contribution is 0.473. The molecule has 0 aliphatic heterocycles. The predicted octanol–water partition coefficient (Wildman–Crippen LogP) is 3.62. The third-order valence-electron chi connectivity index (χ3n) is 3.12. The van der Waals surface area contributed by atoms with Crippen LogP contribution >= 0.6 is 12.2 Å². The van der Waals surface area contributed by atoms with Crippen molar-refractivity contribution in [3.63, 3.8) is 0 Å². The van der Waals surface area contributed by atoms with E-state index in [4.69, 9.17) is 17.5 Å². The maximum absolute atomic E-state index is 9.05. The second-order valence-electron chi connectivity index (χ2n) is 4.37. The van der Waals surface area contributed by atoms with Crippen molar-refractivity contribution in [3.05, 3.63) is 28.5 Å². The molecular weight excluding hydrogens is 230 g/mol. The third-order valence-corrected chi connectivity index (χ3v) is 3.44. The summed E-state index contributed by atoms with van der Waals surface area (Å²) < 4.78 is 2.78. The third kappa shape index (κ3) is 2.11. The summed E-state index contributed by atoms with van der Waals surface area (Å²) in [6.07, 6.45) is 1.12. The van der Waals surface area contributed by atoms with Gasteiger partial charge in [0.1, 0.15) is 6.07 Å². The van der Waals surface area contributed by atoms with Gasteiger partial charge < -0.3 is 9.55 Å². The molecule has 0 bridgehead atoms. The van der Waals surface area contributed by atoms with Crippen LogP contribution in [0.15, 0.2) is 18.2 Å². The molecule has 1 heterocycles. The van der Waals surface area contributed by atoms with Crippen molar-refractivity contribution >= 4 is 23.3 Å². The highest BCUT2D eigenvalue weighted by Gasteiger charge is 2.09. The lowest BCUT2D eigenvalue weighted by atomic mass is 10.1. The highest BCUT2D eigenvalue weighted by molar-refractivity contribution is 7.71. The van der Waals surface area contributed by atoms with E-state index in [9.17, 15) is 0 Å². The standard InChI is InChI=1S/C13H15N3S/c1-3-9(2)8-16-11-6-4-5-10(7-14)12(11)15-13(16)17/h4-6,9H,3,8H2,1-2H3,(H,15,17). The van der Waals surface area contributed by atoms with Crippen molar-refractivity contribution in [1.82, 2.24) is 9.55 Å². The molecule has 1 aromatic heterocycles. The molecular formula is C13H15N3S. The maximum Gasteiger partial charge on any atom is 0.178 e. The van der Waals surface area contributed by atoms with Crippen LogP contribution in [-0.2, 0) is 6.54 Å². The zero-order valence-electron chi connectivity index (χ0n) is 10.0. The van der Waals surface area contributed by atoms with Gasteiger partial charge in [-0.2, -0.15) is 5.26 Å². The van der Waals surface area contributed by atoms with E-state index < -0.39 is 0 Å². The first-order valence-corrected chi connectivity index (χ1v) is 6.19. The van der Waals surface area contributed by atoms with E-state index in [0.29, 0.717) is 16.3 Å². The quantitative estimate of drug-likeness (QED) is 0.839. The molecule has 0 spiro atoms. The Morgan fingerprint density at radius 2 is 2.29 bits per heavy atom. The summed E-state index contributed by atoms with van der Waals surface area (Å²) in [6, 6.07) is 7.90. The molecule has 3 nitrogen and oxygen atoms in total. The van der Waals surface area contributed by atoms with Crippen molar-refractivity contribution in [2.24, 2.45) is 5.92 Å². The summed E-state index contributed by atoms with van der Waals surface area (Å²) in [7, 11) is 0. The number of hydrogen-bond acceptors (Lipinski definition) is 2. The number of para-hydroxylation sites is 1. The fourth-order valence-electron chi connectivity index (χ4n) is 1.90. The monoisotopic (exact) mass is 245 g/mol. The Bertz CT molecular complexity index is 630. The Balaban J connectivity index is 2.61. The Labute approximate surface area is 106 Å². The van der Waals surface area contributed by atoms with Crippen LogP contribution in [0.2, 0.25) is 0 Å². The number of nitriles is 1. The maximum atomic E-state index is 9.05. The molecule has 1 N–H and O–H groups in total. The number of imidazole rings is 1. The molecule has 0 amide bonds. The molecule has 1 unspecified atom stereocenters. The topological polar surface area (TPSA) is 44.5 Å². The lowest BCUT2D eigenvalue weighted by Crippen LogP contribution is -2.06. The normalized spacial score (nSPS) is 12.5. The van der Waals surface area contributed by atoms with Crippen LogP contribution in [0.1, 0.15) is 25.8 Å². The average molecular weight is 245 g/mol. The number of aromatic nitrogens is 2. The van der Waals surface area contributed by atoms with E-state index >= 15 is 0 Å². The first-order chi connectivity index (χ1) is 8.17. The van der Waals surface area contributed by atoms with Gasteiger partial charge in [-0.05, 0) is 30.3 Å². The van der Waals surface area contributed by atoms with E-state index in [1.165, 1.54) is 0 Å². The number of rotatable bonds is 3. The molecule has 2 aromatic rings. The smallest absolute Gasteiger partial charge is 0.178 e. The molecule has 0 fully saturated rings.